The average Bonchev–Trinajstić information content (AvgIpc) is 2.59. The van der Waals surface area contributed by atoms with Gasteiger partial charge in [0.05, 0.1) is 11.5 Å². The van der Waals surface area contributed by atoms with Gasteiger partial charge >= 0.3 is 0 Å². The summed E-state index contributed by atoms with van der Waals surface area (Å²) in [4.78, 5) is 0.192. The largest absolute Gasteiger partial charge is 0.390 e. The smallest absolute Gasteiger partial charge is 0.242 e. The maximum absolute atomic E-state index is 12.0. The van der Waals surface area contributed by atoms with Crippen molar-refractivity contribution in [3.05, 3.63) is 18.0 Å². The van der Waals surface area contributed by atoms with E-state index in [1.165, 1.54) is 12.3 Å². The highest BCUT2D eigenvalue weighted by molar-refractivity contribution is 7.98. The van der Waals surface area contributed by atoms with Gasteiger partial charge in [-0.15, -0.1) is 0 Å². The van der Waals surface area contributed by atoms with Gasteiger partial charge in [-0.05, 0) is 19.2 Å². The SMILES string of the molecule is CSCC(C)NS(=O)(=O)c1cc(CO)n(C)c1. The minimum atomic E-state index is -3.49. The Hall–Kier alpha value is -0.500. The van der Waals surface area contributed by atoms with Crippen LogP contribution < -0.4 is 4.72 Å². The third kappa shape index (κ3) is 3.74. The molecule has 1 unspecified atom stereocenters. The van der Waals surface area contributed by atoms with Crippen molar-refractivity contribution >= 4 is 21.8 Å². The second kappa shape index (κ2) is 5.90. The lowest BCUT2D eigenvalue weighted by atomic mass is 10.4. The van der Waals surface area contributed by atoms with Gasteiger partial charge in [0.15, 0.2) is 0 Å². The van der Waals surface area contributed by atoms with Crippen LogP contribution in [0.4, 0.5) is 0 Å². The highest BCUT2D eigenvalue weighted by Gasteiger charge is 2.19. The third-order valence-electron chi connectivity index (χ3n) is 2.33. The van der Waals surface area contributed by atoms with E-state index in [9.17, 15) is 8.42 Å². The monoisotopic (exact) mass is 278 g/mol. The van der Waals surface area contributed by atoms with E-state index in [4.69, 9.17) is 5.11 Å². The highest BCUT2D eigenvalue weighted by Crippen LogP contribution is 2.14. The molecule has 0 aliphatic heterocycles. The van der Waals surface area contributed by atoms with Crippen LogP contribution in [0.3, 0.4) is 0 Å². The van der Waals surface area contributed by atoms with Gasteiger partial charge in [0, 0.05) is 30.7 Å². The maximum Gasteiger partial charge on any atom is 0.242 e. The standard InChI is InChI=1S/C10H18N2O3S2/c1-8(7-16-3)11-17(14,15)10-4-9(6-13)12(2)5-10/h4-5,8,11,13H,6-7H2,1-3H3. The summed E-state index contributed by atoms with van der Waals surface area (Å²) in [5.74, 6) is 0.721. The van der Waals surface area contributed by atoms with Gasteiger partial charge in [-0.1, -0.05) is 0 Å². The van der Waals surface area contributed by atoms with Crippen molar-refractivity contribution in [3.63, 3.8) is 0 Å². The lowest BCUT2D eigenvalue weighted by Gasteiger charge is -2.11. The summed E-state index contributed by atoms with van der Waals surface area (Å²) < 4.78 is 28.2. The van der Waals surface area contributed by atoms with E-state index in [-0.39, 0.29) is 17.5 Å². The van der Waals surface area contributed by atoms with Gasteiger partial charge in [0.1, 0.15) is 0 Å². The molecule has 1 heterocycles. The van der Waals surface area contributed by atoms with Gasteiger partial charge in [0.25, 0.3) is 0 Å². The molecule has 1 aromatic rings. The van der Waals surface area contributed by atoms with E-state index in [0.717, 1.165) is 5.75 Å². The zero-order valence-electron chi connectivity index (χ0n) is 10.2. The molecule has 0 aromatic carbocycles. The molecular formula is C10H18N2O3S2. The molecule has 0 amide bonds. The summed E-state index contributed by atoms with van der Waals surface area (Å²) in [6.07, 6.45) is 3.43. The zero-order chi connectivity index (χ0) is 13.1. The van der Waals surface area contributed by atoms with Crippen LogP contribution in [0.25, 0.3) is 0 Å². The first-order chi connectivity index (χ1) is 7.90. The third-order valence-corrected chi connectivity index (χ3v) is 4.72. The number of thioether (sulfide) groups is 1. The second-order valence-electron chi connectivity index (χ2n) is 3.91. The van der Waals surface area contributed by atoms with Crippen LogP contribution in [-0.4, -0.2) is 36.1 Å². The van der Waals surface area contributed by atoms with Gasteiger partial charge in [-0.2, -0.15) is 11.8 Å². The Bertz CT molecular complexity index is 468. The molecular weight excluding hydrogens is 260 g/mol. The summed E-state index contributed by atoms with van der Waals surface area (Å²) in [6.45, 7) is 1.65. The van der Waals surface area contributed by atoms with E-state index in [1.54, 1.807) is 23.4 Å². The molecule has 98 valence electrons. The molecule has 0 aliphatic carbocycles. The predicted molar refractivity (Wildman–Crippen MR) is 69.5 cm³/mol. The molecule has 0 saturated heterocycles. The van der Waals surface area contributed by atoms with E-state index in [0.29, 0.717) is 5.69 Å². The molecule has 7 heteroatoms. The van der Waals surface area contributed by atoms with E-state index < -0.39 is 10.0 Å². The average molecular weight is 278 g/mol. The molecule has 0 aliphatic rings. The molecule has 1 rings (SSSR count). The van der Waals surface area contributed by atoms with Crippen LogP contribution in [0.15, 0.2) is 17.2 Å². The van der Waals surface area contributed by atoms with Gasteiger partial charge < -0.3 is 9.67 Å². The molecule has 0 fully saturated rings. The Kier molecular flexibility index (Phi) is 5.05. The van der Waals surface area contributed by atoms with E-state index >= 15 is 0 Å². The quantitative estimate of drug-likeness (QED) is 0.797. The number of rotatable bonds is 6. The number of aromatic nitrogens is 1. The number of sulfonamides is 1. The second-order valence-corrected chi connectivity index (χ2v) is 6.54. The molecule has 1 atom stereocenters. The van der Waals surface area contributed by atoms with Gasteiger partial charge in [0.2, 0.25) is 10.0 Å². The minimum Gasteiger partial charge on any atom is -0.390 e. The fraction of sp³-hybridized carbons (Fsp3) is 0.600. The molecule has 2 N–H and O–H groups in total. The summed E-state index contributed by atoms with van der Waals surface area (Å²) >= 11 is 1.59. The molecule has 0 saturated carbocycles. The van der Waals surface area contributed by atoms with Crippen LogP contribution in [0.5, 0.6) is 0 Å². The normalized spacial score (nSPS) is 13.9. The topological polar surface area (TPSA) is 71.3 Å². The number of hydrogen-bond donors (Lipinski definition) is 2. The lowest BCUT2D eigenvalue weighted by Crippen LogP contribution is -2.34. The van der Waals surface area contributed by atoms with Gasteiger partial charge in [-0.25, -0.2) is 13.1 Å². The van der Waals surface area contributed by atoms with Crippen LogP contribution in [0.1, 0.15) is 12.6 Å². The zero-order valence-corrected chi connectivity index (χ0v) is 11.8. The van der Waals surface area contributed by atoms with Crippen molar-refractivity contribution in [3.8, 4) is 0 Å². The number of nitrogens with one attached hydrogen (secondary N) is 1. The van der Waals surface area contributed by atoms with Gasteiger partial charge in [-0.3, -0.25) is 0 Å². The Morgan fingerprint density at radius 2 is 2.24 bits per heavy atom. The molecule has 5 nitrogen and oxygen atoms in total. The Morgan fingerprint density at radius 1 is 1.59 bits per heavy atom. The molecule has 17 heavy (non-hydrogen) atoms. The van der Waals surface area contributed by atoms with Crippen molar-refractivity contribution in [2.75, 3.05) is 12.0 Å². The first kappa shape index (κ1) is 14.6. The fourth-order valence-corrected chi connectivity index (χ4v) is 3.52. The summed E-state index contributed by atoms with van der Waals surface area (Å²) in [5, 5.41) is 9.02. The van der Waals surface area contributed by atoms with E-state index in [1.807, 2.05) is 13.2 Å². The molecule has 1 aromatic heterocycles. The fourth-order valence-electron chi connectivity index (χ4n) is 1.50. The lowest BCUT2D eigenvalue weighted by molar-refractivity contribution is 0.272. The summed E-state index contributed by atoms with van der Waals surface area (Å²) in [5.41, 5.74) is 0.572. The highest BCUT2D eigenvalue weighted by atomic mass is 32.2. The Labute approximate surface area is 106 Å². The van der Waals surface area contributed by atoms with Crippen molar-refractivity contribution in [2.45, 2.75) is 24.5 Å². The first-order valence-corrected chi connectivity index (χ1v) is 8.05. The van der Waals surface area contributed by atoms with Crippen LogP contribution in [-0.2, 0) is 23.7 Å². The van der Waals surface area contributed by atoms with Crippen molar-refractivity contribution in [1.29, 1.82) is 0 Å². The number of hydrogen-bond acceptors (Lipinski definition) is 4. The number of aliphatic hydroxyl groups is 1. The summed E-state index contributed by atoms with van der Waals surface area (Å²) in [7, 11) is -1.78. The molecule has 0 spiro atoms. The minimum absolute atomic E-state index is 0.118. The van der Waals surface area contributed by atoms with Crippen molar-refractivity contribution in [2.24, 2.45) is 7.05 Å². The Morgan fingerprint density at radius 3 is 2.71 bits per heavy atom. The van der Waals surface area contributed by atoms with Crippen LogP contribution >= 0.6 is 11.8 Å². The number of nitrogens with zero attached hydrogens (tertiary/aromatic N) is 1. The Balaban J connectivity index is 2.89. The van der Waals surface area contributed by atoms with Crippen molar-refractivity contribution < 1.29 is 13.5 Å². The predicted octanol–water partition coefficient (Wildman–Crippen LogP) is 0.547. The number of aryl methyl sites for hydroxylation is 1. The molecule has 0 bridgehead atoms. The number of aliphatic hydroxyl groups excluding tert-OH is 1. The van der Waals surface area contributed by atoms with Crippen LogP contribution in [0.2, 0.25) is 0 Å². The first-order valence-electron chi connectivity index (χ1n) is 5.18. The maximum atomic E-state index is 12.0. The molecule has 0 radical (unpaired) electrons. The summed E-state index contributed by atoms with van der Waals surface area (Å²) in [6, 6.07) is 1.36. The van der Waals surface area contributed by atoms with Crippen molar-refractivity contribution in [1.82, 2.24) is 9.29 Å². The van der Waals surface area contributed by atoms with E-state index in [2.05, 4.69) is 4.72 Å². The van der Waals surface area contributed by atoms with Crippen LogP contribution in [0, 0.1) is 0 Å².